The Labute approximate surface area is 116 Å². The van der Waals surface area contributed by atoms with E-state index in [1.54, 1.807) is 18.3 Å². The van der Waals surface area contributed by atoms with Gasteiger partial charge in [0.25, 0.3) is 0 Å². The highest BCUT2D eigenvalue weighted by Gasteiger charge is 2.08. The molecule has 0 fully saturated rings. The lowest BCUT2D eigenvalue weighted by Gasteiger charge is -2.09. The molecule has 3 rings (SSSR count). The normalized spacial score (nSPS) is 10.4. The van der Waals surface area contributed by atoms with Gasteiger partial charge in [-0.15, -0.1) is 0 Å². The van der Waals surface area contributed by atoms with E-state index >= 15 is 0 Å². The number of pyridine rings is 1. The maximum Gasteiger partial charge on any atom is 0.123 e. The summed E-state index contributed by atoms with van der Waals surface area (Å²) in [6.45, 7) is 0. The van der Waals surface area contributed by atoms with Crippen LogP contribution in [0.1, 0.15) is 0 Å². The lowest BCUT2D eigenvalue weighted by atomic mass is 9.99. The van der Waals surface area contributed by atoms with Crippen molar-refractivity contribution in [1.29, 1.82) is 0 Å². The molecule has 0 aliphatic heterocycles. The molecule has 0 unspecified atom stereocenters. The van der Waals surface area contributed by atoms with Crippen LogP contribution in [0.4, 0.5) is 10.1 Å². The molecule has 3 heteroatoms. The molecule has 0 saturated carbocycles. The molecule has 0 aliphatic rings. The molecule has 1 heterocycles. The molecule has 2 aromatic carbocycles. The van der Waals surface area contributed by atoms with Crippen molar-refractivity contribution in [1.82, 2.24) is 4.98 Å². The van der Waals surface area contributed by atoms with Gasteiger partial charge in [0.2, 0.25) is 0 Å². The predicted octanol–water partition coefficient (Wildman–Crippen LogP) is 4.14. The van der Waals surface area contributed by atoms with Gasteiger partial charge in [-0.3, -0.25) is 4.98 Å². The van der Waals surface area contributed by atoms with Crippen LogP contribution in [0.3, 0.4) is 0 Å². The first-order chi connectivity index (χ1) is 9.74. The minimum absolute atomic E-state index is 0.244. The highest BCUT2D eigenvalue weighted by Crippen LogP contribution is 2.30. The summed E-state index contributed by atoms with van der Waals surface area (Å²) in [7, 11) is 0. The molecule has 0 spiro atoms. The first-order valence-electron chi connectivity index (χ1n) is 6.31. The third-order valence-corrected chi connectivity index (χ3v) is 3.15. The zero-order valence-corrected chi connectivity index (χ0v) is 10.8. The standard InChI is InChI=1S/C17H13FN2/c18-14-7-3-12(4-8-14)16-2-1-11-20-17(16)13-5-9-15(19)10-6-13/h1-11H,19H2. The predicted molar refractivity (Wildman–Crippen MR) is 79.5 cm³/mol. The Bertz CT molecular complexity index is 654. The molecule has 0 bridgehead atoms. The molecule has 0 amide bonds. The lowest BCUT2D eigenvalue weighted by Crippen LogP contribution is -1.90. The number of nitrogens with zero attached hydrogens (tertiary/aromatic N) is 1. The van der Waals surface area contributed by atoms with Gasteiger partial charge in [-0.1, -0.05) is 30.3 Å². The van der Waals surface area contributed by atoms with Gasteiger partial charge >= 0.3 is 0 Å². The summed E-state index contributed by atoms with van der Waals surface area (Å²) < 4.78 is 13.0. The van der Waals surface area contributed by atoms with Gasteiger partial charge in [0.15, 0.2) is 0 Å². The zero-order chi connectivity index (χ0) is 13.9. The number of nitrogens with two attached hydrogens (primary N) is 1. The molecular formula is C17H13FN2. The molecule has 3 aromatic rings. The fraction of sp³-hybridized carbons (Fsp3) is 0. The van der Waals surface area contributed by atoms with Crippen molar-refractivity contribution in [2.45, 2.75) is 0 Å². The van der Waals surface area contributed by atoms with Crippen molar-refractivity contribution >= 4 is 5.69 Å². The zero-order valence-electron chi connectivity index (χ0n) is 10.8. The average Bonchev–Trinajstić information content (AvgIpc) is 2.49. The van der Waals surface area contributed by atoms with Crippen LogP contribution in [-0.4, -0.2) is 4.98 Å². The van der Waals surface area contributed by atoms with E-state index in [9.17, 15) is 4.39 Å². The number of benzene rings is 2. The molecule has 0 saturated heterocycles. The van der Waals surface area contributed by atoms with Gasteiger partial charge in [0, 0.05) is 23.0 Å². The molecule has 1 aromatic heterocycles. The number of aromatic nitrogens is 1. The first-order valence-corrected chi connectivity index (χ1v) is 6.31. The van der Waals surface area contributed by atoms with E-state index in [0.29, 0.717) is 5.69 Å². The van der Waals surface area contributed by atoms with Crippen LogP contribution in [0.2, 0.25) is 0 Å². The van der Waals surface area contributed by atoms with E-state index < -0.39 is 0 Å². The van der Waals surface area contributed by atoms with E-state index in [4.69, 9.17) is 5.73 Å². The summed E-state index contributed by atoms with van der Waals surface area (Å²) in [6, 6.07) is 17.8. The summed E-state index contributed by atoms with van der Waals surface area (Å²) in [5.74, 6) is -0.244. The van der Waals surface area contributed by atoms with E-state index in [0.717, 1.165) is 22.4 Å². The van der Waals surface area contributed by atoms with Crippen molar-refractivity contribution in [2.75, 3.05) is 5.73 Å². The third kappa shape index (κ3) is 2.38. The molecule has 2 N–H and O–H groups in total. The largest absolute Gasteiger partial charge is 0.399 e. The summed E-state index contributed by atoms with van der Waals surface area (Å²) >= 11 is 0. The van der Waals surface area contributed by atoms with Gasteiger partial charge in [0.1, 0.15) is 5.82 Å². The van der Waals surface area contributed by atoms with E-state index in [1.165, 1.54) is 12.1 Å². The minimum atomic E-state index is -0.244. The number of anilines is 1. The second-order valence-electron chi connectivity index (χ2n) is 4.53. The van der Waals surface area contributed by atoms with Gasteiger partial charge < -0.3 is 5.73 Å². The second-order valence-corrected chi connectivity index (χ2v) is 4.53. The molecular weight excluding hydrogens is 251 g/mol. The van der Waals surface area contributed by atoms with E-state index in [2.05, 4.69) is 4.98 Å². The summed E-state index contributed by atoms with van der Waals surface area (Å²) in [5, 5.41) is 0. The fourth-order valence-electron chi connectivity index (χ4n) is 2.14. The number of halogens is 1. The monoisotopic (exact) mass is 264 g/mol. The SMILES string of the molecule is Nc1ccc(-c2ncccc2-c2ccc(F)cc2)cc1. The highest BCUT2D eigenvalue weighted by atomic mass is 19.1. The van der Waals surface area contributed by atoms with Crippen LogP contribution < -0.4 is 5.73 Å². The Hall–Kier alpha value is -2.68. The van der Waals surface area contributed by atoms with Crippen LogP contribution in [0.15, 0.2) is 66.9 Å². The molecule has 2 nitrogen and oxygen atoms in total. The van der Waals surface area contributed by atoms with Gasteiger partial charge in [-0.05, 0) is 35.9 Å². The topological polar surface area (TPSA) is 38.9 Å². The molecule has 0 aliphatic carbocycles. The van der Waals surface area contributed by atoms with Crippen LogP contribution in [0.25, 0.3) is 22.4 Å². The highest BCUT2D eigenvalue weighted by molar-refractivity contribution is 5.80. The quantitative estimate of drug-likeness (QED) is 0.706. The fourth-order valence-corrected chi connectivity index (χ4v) is 2.14. The maximum absolute atomic E-state index is 13.0. The minimum Gasteiger partial charge on any atom is -0.399 e. The summed E-state index contributed by atoms with van der Waals surface area (Å²) in [4.78, 5) is 4.44. The first kappa shape index (κ1) is 12.4. The summed E-state index contributed by atoms with van der Waals surface area (Å²) in [6.07, 6.45) is 1.75. The van der Waals surface area contributed by atoms with E-state index in [-0.39, 0.29) is 5.82 Å². The Balaban J connectivity index is 2.13. The molecule has 0 atom stereocenters. The molecule has 98 valence electrons. The third-order valence-electron chi connectivity index (χ3n) is 3.15. The lowest BCUT2D eigenvalue weighted by molar-refractivity contribution is 0.628. The smallest absolute Gasteiger partial charge is 0.123 e. The van der Waals surface area contributed by atoms with Crippen molar-refractivity contribution in [3.05, 3.63) is 72.7 Å². The maximum atomic E-state index is 13.0. The van der Waals surface area contributed by atoms with Crippen molar-refractivity contribution < 1.29 is 4.39 Å². The van der Waals surface area contributed by atoms with Gasteiger partial charge in [-0.25, -0.2) is 4.39 Å². The van der Waals surface area contributed by atoms with E-state index in [1.807, 2.05) is 36.4 Å². The molecule has 20 heavy (non-hydrogen) atoms. The van der Waals surface area contributed by atoms with Crippen LogP contribution in [0.5, 0.6) is 0 Å². The van der Waals surface area contributed by atoms with Crippen LogP contribution in [0, 0.1) is 5.82 Å². The van der Waals surface area contributed by atoms with Gasteiger partial charge in [-0.2, -0.15) is 0 Å². The van der Waals surface area contributed by atoms with Crippen LogP contribution >= 0.6 is 0 Å². The second kappa shape index (κ2) is 5.13. The Morgan fingerprint density at radius 3 is 2.15 bits per heavy atom. The number of hydrogen-bond acceptors (Lipinski definition) is 2. The summed E-state index contributed by atoms with van der Waals surface area (Å²) in [5.41, 5.74) is 10.2. The van der Waals surface area contributed by atoms with Crippen molar-refractivity contribution in [2.24, 2.45) is 0 Å². The van der Waals surface area contributed by atoms with Gasteiger partial charge in [0.05, 0.1) is 5.69 Å². The number of hydrogen-bond donors (Lipinski definition) is 1. The van der Waals surface area contributed by atoms with Crippen LogP contribution in [-0.2, 0) is 0 Å². The number of nitrogen functional groups attached to an aromatic ring is 1. The molecule has 0 radical (unpaired) electrons. The van der Waals surface area contributed by atoms with Crippen molar-refractivity contribution in [3.63, 3.8) is 0 Å². The Morgan fingerprint density at radius 1 is 0.800 bits per heavy atom. The average molecular weight is 264 g/mol. The van der Waals surface area contributed by atoms with Crippen molar-refractivity contribution in [3.8, 4) is 22.4 Å². The number of rotatable bonds is 2. The Kier molecular flexibility index (Phi) is 3.17. The Morgan fingerprint density at radius 2 is 1.45 bits per heavy atom.